The second-order valence-electron chi connectivity index (χ2n) is 5.85. The Balaban J connectivity index is 1.75. The van der Waals surface area contributed by atoms with Crippen molar-refractivity contribution in [2.45, 2.75) is 31.8 Å². The van der Waals surface area contributed by atoms with Crippen LogP contribution in [0.4, 0.5) is 0 Å². The smallest absolute Gasteiger partial charge is 0.185 e. The van der Waals surface area contributed by atoms with Crippen LogP contribution in [0.1, 0.15) is 41.7 Å². The lowest BCUT2D eigenvalue weighted by Crippen LogP contribution is -2.11. The van der Waals surface area contributed by atoms with Crippen molar-refractivity contribution >= 4 is 11.9 Å². The molecule has 1 fully saturated rings. The van der Waals surface area contributed by atoms with Gasteiger partial charge < -0.3 is 9.47 Å². The fourth-order valence-electron chi connectivity index (χ4n) is 2.82. The zero-order valence-corrected chi connectivity index (χ0v) is 13.8. The summed E-state index contributed by atoms with van der Waals surface area (Å²) in [7, 11) is 1.60. The molecule has 0 amide bonds. The maximum atomic E-state index is 12.1. The molecule has 2 aromatic rings. The normalized spacial score (nSPS) is 14.9. The molecule has 4 heteroatoms. The van der Waals surface area contributed by atoms with Gasteiger partial charge in [0.1, 0.15) is 0 Å². The summed E-state index contributed by atoms with van der Waals surface area (Å²) in [6, 6.07) is 11.0. The van der Waals surface area contributed by atoms with Gasteiger partial charge in [-0.15, -0.1) is 0 Å². The van der Waals surface area contributed by atoms with E-state index in [1.54, 1.807) is 31.5 Å². The van der Waals surface area contributed by atoms with Gasteiger partial charge in [0.25, 0.3) is 0 Å². The van der Waals surface area contributed by atoms with E-state index in [0.717, 1.165) is 12.8 Å². The largest absolute Gasteiger partial charge is 0.491 e. The fraction of sp³-hybridized carbons (Fsp3) is 0.300. The lowest BCUT2D eigenvalue weighted by Gasteiger charge is -2.15. The molecular formula is C20H21NO3. The van der Waals surface area contributed by atoms with Crippen molar-refractivity contribution in [1.82, 2.24) is 4.98 Å². The summed E-state index contributed by atoms with van der Waals surface area (Å²) < 4.78 is 11.4. The van der Waals surface area contributed by atoms with Crippen LogP contribution in [0.15, 0.2) is 48.7 Å². The molecule has 24 heavy (non-hydrogen) atoms. The third-order valence-electron chi connectivity index (χ3n) is 4.13. The van der Waals surface area contributed by atoms with Gasteiger partial charge in [0.2, 0.25) is 0 Å². The number of methoxy groups -OCH3 is 1. The fourth-order valence-corrected chi connectivity index (χ4v) is 2.82. The van der Waals surface area contributed by atoms with Gasteiger partial charge in [0.05, 0.1) is 25.1 Å². The molecule has 0 saturated heterocycles. The van der Waals surface area contributed by atoms with E-state index in [9.17, 15) is 4.79 Å². The van der Waals surface area contributed by atoms with Gasteiger partial charge in [-0.05, 0) is 37.8 Å². The highest BCUT2D eigenvalue weighted by molar-refractivity contribution is 6.06. The zero-order chi connectivity index (χ0) is 16.8. The molecule has 0 spiro atoms. The van der Waals surface area contributed by atoms with Crippen molar-refractivity contribution in [2.24, 2.45) is 0 Å². The summed E-state index contributed by atoms with van der Waals surface area (Å²) in [4.78, 5) is 16.4. The highest BCUT2D eigenvalue weighted by atomic mass is 16.5. The minimum atomic E-state index is -0.0496. The molecule has 0 radical (unpaired) electrons. The lowest BCUT2D eigenvalue weighted by atomic mass is 10.1. The lowest BCUT2D eigenvalue weighted by molar-refractivity contribution is 0.104. The summed E-state index contributed by atoms with van der Waals surface area (Å²) in [5.74, 6) is 1.26. The van der Waals surface area contributed by atoms with Gasteiger partial charge in [-0.25, -0.2) is 0 Å². The molecule has 1 aliphatic carbocycles. The number of carbonyl (C=O) groups excluding carboxylic acids is 1. The van der Waals surface area contributed by atoms with E-state index in [0.29, 0.717) is 22.8 Å². The van der Waals surface area contributed by atoms with Crippen molar-refractivity contribution < 1.29 is 14.3 Å². The Kier molecular flexibility index (Phi) is 5.26. The SMILES string of the molecule is COc1cnc(/C=C/C(=O)c2ccccc2)cc1OC1CCCC1. The monoisotopic (exact) mass is 323 g/mol. The Bertz CT molecular complexity index is 719. The first-order chi connectivity index (χ1) is 11.8. The zero-order valence-electron chi connectivity index (χ0n) is 13.8. The molecule has 3 rings (SSSR count). The number of hydrogen-bond acceptors (Lipinski definition) is 4. The van der Waals surface area contributed by atoms with Crippen LogP contribution in [0.5, 0.6) is 11.5 Å². The third-order valence-corrected chi connectivity index (χ3v) is 4.13. The molecule has 1 aromatic heterocycles. The Morgan fingerprint density at radius 1 is 1.17 bits per heavy atom. The summed E-state index contributed by atoms with van der Waals surface area (Å²) in [5, 5.41) is 0. The predicted molar refractivity (Wildman–Crippen MR) is 93.5 cm³/mol. The van der Waals surface area contributed by atoms with Crippen LogP contribution in [0, 0.1) is 0 Å². The highest BCUT2D eigenvalue weighted by Gasteiger charge is 2.18. The van der Waals surface area contributed by atoms with Crippen molar-refractivity contribution in [3.05, 3.63) is 59.9 Å². The molecule has 0 aliphatic heterocycles. The van der Waals surface area contributed by atoms with E-state index < -0.39 is 0 Å². The maximum absolute atomic E-state index is 12.1. The van der Waals surface area contributed by atoms with Crippen LogP contribution >= 0.6 is 0 Å². The first-order valence-corrected chi connectivity index (χ1v) is 8.24. The predicted octanol–water partition coefficient (Wildman–Crippen LogP) is 4.31. The average Bonchev–Trinajstić information content (AvgIpc) is 3.13. The van der Waals surface area contributed by atoms with E-state index in [1.165, 1.54) is 18.9 Å². The number of hydrogen-bond donors (Lipinski definition) is 0. The number of ether oxygens (including phenoxy) is 2. The standard InChI is InChI=1S/C20H21NO3/c1-23-20-14-21-16(13-19(20)24-17-9-5-6-10-17)11-12-18(22)15-7-3-2-4-8-15/h2-4,7-8,11-14,17H,5-6,9-10H2,1H3/b12-11+. The topological polar surface area (TPSA) is 48.4 Å². The van der Waals surface area contributed by atoms with Gasteiger partial charge >= 0.3 is 0 Å². The minimum absolute atomic E-state index is 0.0496. The van der Waals surface area contributed by atoms with E-state index in [1.807, 2.05) is 24.3 Å². The van der Waals surface area contributed by atoms with E-state index >= 15 is 0 Å². The number of nitrogens with zero attached hydrogens (tertiary/aromatic N) is 1. The Labute approximate surface area is 142 Å². The van der Waals surface area contributed by atoms with Gasteiger partial charge in [-0.2, -0.15) is 0 Å². The minimum Gasteiger partial charge on any atom is -0.491 e. The molecule has 1 heterocycles. The molecule has 1 aromatic carbocycles. The molecule has 1 saturated carbocycles. The highest BCUT2D eigenvalue weighted by Crippen LogP contribution is 2.31. The molecule has 1 aliphatic rings. The van der Waals surface area contributed by atoms with Gasteiger partial charge in [0, 0.05) is 11.6 Å². The van der Waals surface area contributed by atoms with Crippen LogP contribution in [-0.2, 0) is 0 Å². The van der Waals surface area contributed by atoms with Gasteiger partial charge in [-0.1, -0.05) is 30.3 Å². The number of allylic oxidation sites excluding steroid dienone is 1. The summed E-state index contributed by atoms with van der Waals surface area (Å²) in [6.45, 7) is 0. The van der Waals surface area contributed by atoms with Gasteiger partial charge in [-0.3, -0.25) is 9.78 Å². The quantitative estimate of drug-likeness (QED) is 0.587. The number of carbonyl (C=O) groups is 1. The number of aromatic nitrogens is 1. The van der Waals surface area contributed by atoms with Crippen LogP contribution in [0.3, 0.4) is 0 Å². The molecular weight excluding hydrogens is 302 g/mol. The van der Waals surface area contributed by atoms with Crippen LogP contribution in [-0.4, -0.2) is 24.0 Å². The summed E-state index contributed by atoms with van der Waals surface area (Å²) >= 11 is 0. The second-order valence-corrected chi connectivity index (χ2v) is 5.85. The number of rotatable bonds is 6. The Morgan fingerprint density at radius 3 is 2.62 bits per heavy atom. The van der Waals surface area contributed by atoms with Crippen LogP contribution in [0.25, 0.3) is 6.08 Å². The average molecular weight is 323 g/mol. The molecule has 124 valence electrons. The summed E-state index contributed by atoms with van der Waals surface area (Å²) in [6.07, 6.45) is 9.67. The van der Waals surface area contributed by atoms with Crippen molar-refractivity contribution in [3.8, 4) is 11.5 Å². The third kappa shape index (κ3) is 4.02. The van der Waals surface area contributed by atoms with E-state index in [-0.39, 0.29) is 11.9 Å². The molecule has 0 atom stereocenters. The molecule has 4 nitrogen and oxygen atoms in total. The Morgan fingerprint density at radius 2 is 1.92 bits per heavy atom. The number of ketones is 1. The van der Waals surface area contributed by atoms with E-state index in [4.69, 9.17) is 9.47 Å². The number of benzene rings is 1. The molecule has 0 bridgehead atoms. The Hall–Kier alpha value is -2.62. The molecule has 0 N–H and O–H groups in total. The maximum Gasteiger partial charge on any atom is 0.185 e. The van der Waals surface area contributed by atoms with Crippen LogP contribution < -0.4 is 9.47 Å². The number of pyridine rings is 1. The summed E-state index contributed by atoms with van der Waals surface area (Å²) in [5.41, 5.74) is 1.33. The van der Waals surface area contributed by atoms with Crippen molar-refractivity contribution in [1.29, 1.82) is 0 Å². The van der Waals surface area contributed by atoms with Crippen molar-refractivity contribution in [3.63, 3.8) is 0 Å². The van der Waals surface area contributed by atoms with Crippen molar-refractivity contribution in [2.75, 3.05) is 7.11 Å². The van der Waals surface area contributed by atoms with Gasteiger partial charge in [0.15, 0.2) is 17.3 Å². The molecule has 0 unspecified atom stereocenters. The first-order valence-electron chi connectivity index (χ1n) is 8.24. The second kappa shape index (κ2) is 7.77. The van der Waals surface area contributed by atoms with E-state index in [2.05, 4.69) is 4.98 Å². The van der Waals surface area contributed by atoms with Crippen LogP contribution in [0.2, 0.25) is 0 Å². The first kappa shape index (κ1) is 16.2.